The zero-order valence-electron chi connectivity index (χ0n) is 11.6. The van der Waals surface area contributed by atoms with Crippen LogP contribution in [0, 0.1) is 0 Å². The van der Waals surface area contributed by atoms with E-state index in [-0.39, 0.29) is 11.4 Å². The predicted molar refractivity (Wildman–Crippen MR) is 83.1 cm³/mol. The number of hydrogen-bond donors (Lipinski definition) is 2. The molecule has 0 unspecified atom stereocenters. The number of benzene rings is 2. The van der Waals surface area contributed by atoms with Crippen LogP contribution in [0.15, 0.2) is 60.8 Å². The summed E-state index contributed by atoms with van der Waals surface area (Å²) in [4.78, 5) is 15.7. The number of H-pyrrole nitrogens is 1. The van der Waals surface area contributed by atoms with E-state index in [2.05, 4.69) is 22.4 Å². The maximum Gasteiger partial charge on any atom is 0.251 e. The normalized spacial score (nSPS) is 15.8. The highest BCUT2D eigenvalue weighted by molar-refractivity contribution is 5.98. The number of carbonyl (C=O) groups is 1. The third-order valence-corrected chi connectivity index (χ3v) is 4.24. The molecule has 0 radical (unpaired) electrons. The van der Waals surface area contributed by atoms with E-state index < -0.39 is 0 Å². The monoisotopic (exact) mass is 276 g/mol. The first-order valence-corrected chi connectivity index (χ1v) is 7.22. The van der Waals surface area contributed by atoms with E-state index >= 15 is 0 Å². The summed E-state index contributed by atoms with van der Waals surface area (Å²) in [7, 11) is 0. The Morgan fingerprint density at radius 3 is 2.62 bits per heavy atom. The van der Waals surface area contributed by atoms with Crippen molar-refractivity contribution >= 4 is 16.8 Å². The molecule has 0 atom stereocenters. The van der Waals surface area contributed by atoms with E-state index in [1.54, 1.807) is 0 Å². The molecule has 1 fully saturated rings. The van der Waals surface area contributed by atoms with E-state index in [9.17, 15) is 4.79 Å². The summed E-state index contributed by atoms with van der Waals surface area (Å²) in [6.07, 6.45) is 3.91. The Morgan fingerprint density at radius 2 is 1.86 bits per heavy atom. The molecule has 104 valence electrons. The van der Waals surface area contributed by atoms with Gasteiger partial charge in [0.05, 0.1) is 5.54 Å². The van der Waals surface area contributed by atoms with Crippen LogP contribution in [-0.4, -0.2) is 10.9 Å². The van der Waals surface area contributed by atoms with Gasteiger partial charge in [0.25, 0.3) is 5.91 Å². The molecule has 0 bridgehead atoms. The minimum Gasteiger partial charge on any atom is -0.361 e. The molecule has 0 spiro atoms. The van der Waals surface area contributed by atoms with Gasteiger partial charge in [-0.1, -0.05) is 30.3 Å². The van der Waals surface area contributed by atoms with Crippen molar-refractivity contribution in [2.24, 2.45) is 0 Å². The first kappa shape index (κ1) is 12.2. The zero-order chi connectivity index (χ0) is 14.3. The van der Waals surface area contributed by atoms with E-state index in [0.717, 1.165) is 23.7 Å². The predicted octanol–water partition coefficient (Wildman–Crippen LogP) is 3.59. The largest absolute Gasteiger partial charge is 0.361 e. The molecule has 0 aliphatic heterocycles. The molecular weight excluding hydrogens is 260 g/mol. The van der Waals surface area contributed by atoms with Crippen molar-refractivity contribution in [1.29, 1.82) is 0 Å². The molecule has 1 saturated carbocycles. The van der Waals surface area contributed by atoms with Gasteiger partial charge in [-0.3, -0.25) is 4.79 Å². The van der Waals surface area contributed by atoms with Crippen LogP contribution >= 0.6 is 0 Å². The Labute approximate surface area is 123 Å². The molecule has 0 saturated heterocycles. The van der Waals surface area contributed by atoms with Crippen LogP contribution in [0.1, 0.15) is 28.8 Å². The second-order valence-corrected chi connectivity index (χ2v) is 5.68. The van der Waals surface area contributed by atoms with Crippen molar-refractivity contribution in [3.05, 3.63) is 71.9 Å². The molecule has 2 N–H and O–H groups in total. The summed E-state index contributed by atoms with van der Waals surface area (Å²) in [6.45, 7) is 0. The summed E-state index contributed by atoms with van der Waals surface area (Å²) in [5.41, 5.74) is 2.80. The molecule has 21 heavy (non-hydrogen) atoms. The van der Waals surface area contributed by atoms with Crippen LogP contribution in [-0.2, 0) is 5.54 Å². The smallest absolute Gasteiger partial charge is 0.251 e. The lowest BCUT2D eigenvalue weighted by atomic mass is 10.0. The fraction of sp³-hybridized carbons (Fsp3) is 0.167. The highest BCUT2D eigenvalue weighted by Gasteiger charge is 2.45. The van der Waals surface area contributed by atoms with Gasteiger partial charge in [-0.2, -0.15) is 0 Å². The van der Waals surface area contributed by atoms with Crippen molar-refractivity contribution in [1.82, 2.24) is 10.3 Å². The maximum atomic E-state index is 12.5. The summed E-state index contributed by atoms with van der Waals surface area (Å²) < 4.78 is 0. The van der Waals surface area contributed by atoms with E-state index in [4.69, 9.17) is 0 Å². The van der Waals surface area contributed by atoms with Gasteiger partial charge in [-0.05, 0) is 42.7 Å². The molecule has 1 aliphatic rings. The summed E-state index contributed by atoms with van der Waals surface area (Å²) in [5.74, 6) is -0.000506. The Hall–Kier alpha value is -2.55. The second-order valence-electron chi connectivity index (χ2n) is 5.68. The van der Waals surface area contributed by atoms with Crippen molar-refractivity contribution in [2.75, 3.05) is 0 Å². The molecule has 4 rings (SSSR count). The van der Waals surface area contributed by atoms with Gasteiger partial charge in [0, 0.05) is 22.7 Å². The summed E-state index contributed by atoms with van der Waals surface area (Å²) in [5, 5.41) is 4.27. The number of fused-ring (bicyclic) bond motifs is 1. The Kier molecular flexibility index (Phi) is 2.61. The summed E-state index contributed by atoms with van der Waals surface area (Å²) in [6, 6.07) is 18.0. The first-order chi connectivity index (χ1) is 10.3. The molecule has 1 aromatic heterocycles. The van der Waals surface area contributed by atoms with E-state index in [0.29, 0.717) is 5.56 Å². The second kappa shape index (κ2) is 4.48. The van der Waals surface area contributed by atoms with Gasteiger partial charge in [0.15, 0.2) is 0 Å². The third-order valence-electron chi connectivity index (χ3n) is 4.24. The number of nitrogens with one attached hydrogen (secondary N) is 2. The number of aromatic amines is 1. The molecule has 1 aliphatic carbocycles. The van der Waals surface area contributed by atoms with Crippen LogP contribution in [0.25, 0.3) is 10.9 Å². The fourth-order valence-electron chi connectivity index (χ4n) is 2.85. The van der Waals surface area contributed by atoms with Crippen LogP contribution < -0.4 is 5.32 Å². The Bertz CT molecular complexity index is 800. The van der Waals surface area contributed by atoms with Gasteiger partial charge in [0.2, 0.25) is 0 Å². The van der Waals surface area contributed by atoms with Crippen LogP contribution in [0.4, 0.5) is 0 Å². The van der Waals surface area contributed by atoms with Crippen LogP contribution in [0.2, 0.25) is 0 Å². The van der Waals surface area contributed by atoms with Gasteiger partial charge in [-0.15, -0.1) is 0 Å². The van der Waals surface area contributed by atoms with Gasteiger partial charge >= 0.3 is 0 Å². The fourth-order valence-corrected chi connectivity index (χ4v) is 2.85. The molecule has 3 aromatic rings. The molecule has 1 heterocycles. The molecule has 2 aromatic carbocycles. The quantitative estimate of drug-likeness (QED) is 0.754. The Morgan fingerprint density at radius 1 is 1.05 bits per heavy atom. The van der Waals surface area contributed by atoms with E-state index in [1.807, 2.05) is 48.7 Å². The standard InChI is InChI=1S/C18H16N2O/c21-17(14-6-7-16-13(12-14)8-11-19-16)20-18(9-10-18)15-4-2-1-3-5-15/h1-8,11-12,19H,9-10H2,(H,20,21). The Balaban J connectivity index is 1.61. The molecule has 3 heteroatoms. The number of aromatic nitrogens is 1. The number of hydrogen-bond acceptors (Lipinski definition) is 1. The topological polar surface area (TPSA) is 44.9 Å². The molecule has 3 nitrogen and oxygen atoms in total. The lowest BCUT2D eigenvalue weighted by Gasteiger charge is -2.18. The first-order valence-electron chi connectivity index (χ1n) is 7.22. The van der Waals surface area contributed by atoms with Crippen molar-refractivity contribution in [3.63, 3.8) is 0 Å². The average molecular weight is 276 g/mol. The van der Waals surface area contributed by atoms with Gasteiger partial charge in [-0.25, -0.2) is 0 Å². The number of rotatable bonds is 3. The van der Waals surface area contributed by atoms with Crippen LogP contribution in [0.5, 0.6) is 0 Å². The number of amides is 1. The highest BCUT2D eigenvalue weighted by atomic mass is 16.1. The molecular formula is C18H16N2O. The molecule has 1 amide bonds. The lowest BCUT2D eigenvalue weighted by molar-refractivity contribution is 0.0931. The minimum absolute atomic E-state index is 0.000506. The third kappa shape index (κ3) is 2.11. The van der Waals surface area contributed by atoms with E-state index in [1.165, 1.54) is 5.56 Å². The van der Waals surface area contributed by atoms with Crippen molar-refractivity contribution < 1.29 is 4.79 Å². The highest BCUT2D eigenvalue weighted by Crippen LogP contribution is 2.45. The van der Waals surface area contributed by atoms with Gasteiger partial charge < -0.3 is 10.3 Å². The maximum absolute atomic E-state index is 12.5. The van der Waals surface area contributed by atoms with Crippen molar-refractivity contribution in [2.45, 2.75) is 18.4 Å². The van der Waals surface area contributed by atoms with Crippen molar-refractivity contribution in [3.8, 4) is 0 Å². The zero-order valence-corrected chi connectivity index (χ0v) is 11.6. The minimum atomic E-state index is -0.161. The van der Waals surface area contributed by atoms with Gasteiger partial charge in [0.1, 0.15) is 0 Å². The van der Waals surface area contributed by atoms with Crippen LogP contribution in [0.3, 0.4) is 0 Å². The number of carbonyl (C=O) groups excluding carboxylic acids is 1. The lowest BCUT2D eigenvalue weighted by Crippen LogP contribution is -2.34. The summed E-state index contributed by atoms with van der Waals surface area (Å²) >= 11 is 0. The average Bonchev–Trinajstić information content (AvgIpc) is 3.15. The SMILES string of the molecule is O=C(NC1(c2ccccc2)CC1)c1ccc2[nH]ccc2c1.